The van der Waals surface area contributed by atoms with Crippen molar-refractivity contribution in [3.05, 3.63) is 12.4 Å². The van der Waals surface area contributed by atoms with Gasteiger partial charge in [-0.05, 0) is 0 Å². The minimum Gasteiger partial charge on any atom is -0.396 e. The summed E-state index contributed by atoms with van der Waals surface area (Å²) in [7, 11) is 3.38. The number of nitrogens with zero attached hydrogens (tertiary/aromatic N) is 3. The maximum Gasteiger partial charge on any atom is 0.241 e. The molecule has 1 heterocycles. The van der Waals surface area contributed by atoms with E-state index in [1.54, 1.807) is 14.1 Å². The molecular weight excluding hydrogens is 182 g/mol. The Morgan fingerprint density at radius 2 is 2.07 bits per heavy atom. The van der Waals surface area contributed by atoms with Gasteiger partial charge >= 0.3 is 0 Å². The quantitative estimate of drug-likeness (QED) is 0.683. The van der Waals surface area contributed by atoms with Crippen molar-refractivity contribution < 1.29 is 4.79 Å². The van der Waals surface area contributed by atoms with E-state index in [4.69, 9.17) is 5.73 Å². The second kappa shape index (κ2) is 4.40. The van der Waals surface area contributed by atoms with Crippen LogP contribution in [0.2, 0.25) is 0 Å². The Bertz CT molecular complexity index is 308. The van der Waals surface area contributed by atoms with Gasteiger partial charge in [0.1, 0.15) is 0 Å². The molecule has 0 bridgehead atoms. The van der Waals surface area contributed by atoms with Gasteiger partial charge in [0.15, 0.2) is 0 Å². The first-order valence-electron chi connectivity index (χ1n) is 4.11. The predicted octanol–water partition coefficient (Wildman–Crippen LogP) is -0.441. The summed E-state index contributed by atoms with van der Waals surface area (Å²) in [6.45, 7) is 0.177. The molecule has 14 heavy (non-hydrogen) atoms. The van der Waals surface area contributed by atoms with Crippen molar-refractivity contribution in [2.75, 3.05) is 31.7 Å². The van der Waals surface area contributed by atoms with Gasteiger partial charge in [0.25, 0.3) is 0 Å². The molecule has 0 aliphatic heterocycles. The van der Waals surface area contributed by atoms with Gasteiger partial charge in [0.05, 0.1) is 24.6 Å². The summed E-state index contributed by atoms with van der Waals surface area (Å²) in [5.41, 5.74) is 5.90. The number of rotatable bonds is 3. The summed E-state index contributed by atoms with van der Waals surface area (Å²) in [6.07, 6.45) is 2.96. The summed E-state index contributed by atoms with van der Waals surface area (Å²) in [5, 5.41) is 2.78. The van der Waals surface area contributed by atoms with Crippen molar-refractivity contribution in [2.24, 2.45) is 0 Å². The zero-order valence-corrected chi connectivity index (χ0v) is 8.19. The Balaban J connectivity index is 2.46. The number of likely N-dealkylation sites (N-methyl/N-ethyl adjacent to an activating group) is 1. The molecule has 3 N–H and O–H groups in total. The largest absolute Gasteiger partial charge is 0.396 e. The molecular formula is C8H13N5O. The Morgan fingerprint density at radius 3 is 2.57 bits per heavy atom. The monoisotopic (exact) mass is 195 g/mol. The molecule has 0 saturated carbocycles. The van der Waals surface area contributed by atoms with Crippen LogP contribution in [0.5, 0.6) is 0 Å². The van der Waals surface area contributed by atoms with Crippen LogP contribution < -0.4 is 11.1 Å². The molecule has 0 aromatic carbocycles. The van der Waals surface area contributed by atoms with Crippen molar-refractivity contribution in [3.8, 4) is 0 Å². The number of hydrogen-bond acceptors (Lipinski definition) is 5. The van der Waals surface area contributed by atoms with Gasteiger partial charge in [0.2, 0.25) is 11.9 Å². The van der Waals surface area contributed by atoms with Crippen LogP contribution >= 0.6 is 0 Å². The van der Waals surface area contributed by atoms with Gasteiger partial charge in [-0.15, -0.1) is 0 Å². The smallest absolute Gasteiger partial charge is 0.241 e. The van der Waals surface area contributed by atoms with Crippen LogP contribution in [0, 0.1) is 0 Å². The predicted molar refractivity (Wildman–Crippen MR) is 53.6 cm³/mol. The number of carbonyl (C=O) groups is 1. The van der Waals surface area contributed by atoms with E-state index in [-0.39, 0.29) is 12.5 Å². The standard InChI is InChI=1S/C8H13N5O/c1-13(2)7(14)5-12-8-10-3-6(9)4-11-8/h3-4H,5,9H2,1-2H3,(H,10,11,12). The lowest BCUT2D eigenvalue weighted by Crippen LogP contribution is -2.29. The van der Waals surface area contributed by atoms with Gasteiger partial charge in [-0.2, -0.15) is 0 Å². The average molecular weight is 195 g/mol. The third-order valence-corrected chi connectivity index (χ3v) is 1.57. The fourth-order valence-electron chi connectivity index (χ4n) is 0.742. The zero-order valence-electron chi connectivity index (χ0n) is 8.19. The Kier molecular flexibility index (Phi) is 3.22. The van der Waals surface area contributed by atoms with Crippen LogP contribution in [0.3, 0.4) is 0 Å². The maximum atomic E-state index is 11.2. The summed E-state index contributed by atoms with van der Waals surface area (Å²) in [6, 6.07) is 0. The summed E-state index contributed by atoms with van der Waals surface area (Å²) >= 11 is 0. The van der Waals surface area contributed by atoms with E-state index in [0.717, 1.165) is 0 Å². The van der Waals surface area contributed by atoms with Crippen molar-refractivity contribution in [1.82, 2.24) is 14.9 Å². The van der Waals surface area contributed by atoms with Crippen molar-refractivity contribution in [1.29, 1.82) is 0 Å². The second-order valence-corrected chi connectivity index (χ2v) is 2.98. The molecule has 76 valence electrons. The second-order valence-electron chi connectivity index (χ2n) is 2.98. The van der Waals surface area contributed by atoms with Gasteiger partial charge in [-0.25, -0.2) is 9.97 Å². The Hall–Kier alpha value is -1.85. The van der Waals surface area contributed by atoms with Crippen LogP contribution in [0.25, 0.3) is 0 Å². The number of nitrogen functional groups attached to an aromatic ring is 1. The molecule has 1 aromatic rings. The SMILES string of the molecule is CN(C)C(=O)CNc1ncc(N)cn1. The highest BCUT2D eigenvalue weighted by Gasteiger charge is 2.03. The molecule has 0 fully saturated rings. The van der Waals surface area contributed by atoms with Gasteiger partial charge < -0.3 is 16.0 Å². The van der Waals surface area contributed by atoms with Gasteiger partial charge in [0, 0.05) is 14.1 Å². The molecule has 0 spiro atoms. The molecule has 1 aromatic heterocycles. The Labute approximate surface area is 82.1 Å². The number of aromatic nitrogens is 2. The normalized spacial score (nSPS) is 9.57. The lowest BCUT2D eigenvalue weighted by molar-refractivity contribution is -0.126. The molecule has 1 rings (SSSR count). The lowest BCUT2D eigenvalue weighted by atomic mass is 10.5. The third-order valence-electron chi connectivity index (χ3n) is 1.57. The van der Waals surface area contributed by atoms with E-state index in [1.165, 1.54) is 17.3 Å². The van der Waals surface area contributed by atoms with Crippen LogP contribution in [0.1, 0.15) is 0 Å². The summed E-state index contributed by atoms with van der Waals surface area (Å²) in [4.78, 5) is 20.4. The molecule has 6 nitrogen and oxygen atoms in total. The molecule has 0 aliphatic rings. The number of anilines is 2. The van der Waals surface area contributed by atoms with E-state index in [2.05, 4.69) is 15.3 Å². The van der Waals surface area contributed by atoms with Crippen molar-refractivity contribution in [2.45, 2.75) is 0 Å². The summed E-state index contributed by atoms with van der Waals surface area (Å²) < 4.78 is 0. The van der Waals surface area contributed by atoms with Crippen LogP contribution in [-0.2, 0) is 4.79 Å². The van der Waals surface area contributed by atoms with E-state index >= 15 is 0 Å². The number of nitrogens with two attached hydrogens (primary N) is 1. The molecule has 0 radical (unpaired) electrons. The molecule has 0 saturated heterocycles. The number of carbonyl (C=O) groups excluding carboxylic acids is 1. The lowest BCUT2D eigenvalue weighted by Gasteiger charge is -2.10. The zero-order chi connectivity index (χ0) is 10.6. The highest BCUT2D eigenvalue weighted by Crippen LogP contribution is 1.99. The molecule has 0 unspecified atom stereocenters. The Morgan fingerprint density at radius 1 is 1.50 bits per heavy atom. The highest BCUT2D eigenvalue weighted by molar-refractivity contribution is 5.79. The van der Waals surface area contributed by atoms with E-state index in [9.17, 15) is 4.79 Å². The van der Waals surface area contributed by atoms with Crippen LogP contribution in [0.4, 0.5) is 11.6 Å². The van der Waals surface area contributed by atoms with Crippen molar-refractivity contribution >= 4 is 17.5 Å². The highest BCUT2D eigenvalue weighted by atomic mass is 16.2. The third kappa shape index (κ3) is 2.89. The van der Waals surface area contributed by atoms with Crippen molar-refractivity contribution in [3.63, 3.8) is 0 Å². The first-order valence-corrected chi connectivity index (χ1v) is 4.11. The first-order chi connectivity index (χ1) is 6.59. The number of amides is 1. The van der Waals surface area contributed by atoms with E-state index in [0.29, 0.717) is 11.6 Å². The molecule has 0 atom stereocenters. The molecule has 1 amide bonds. The van der Waals surface area contributed by atoms with Gasteiger partial charge in [-0.3, -0.25) is 4.79 Å². The average Bonchev–Trinajstić information content (AvgIpc) is 2.16. The molecule has 6 heteroatoms. The number of hydrogen-bond donors (Lipinski definition) is 2. The topological polar surface area (TPSA) is 84.1 Å². The minimum atomic E-state index is -0.0366. The fraction of sp³-hybridized carbons (Fsp3) is 0.375. The molecule has 0 aliphatic carbocycles. The minimum absolute atomic E-state index is 0.0366. The summed E-state index contributed by atoms with van der Waals surface area (Å²) in [5.74, 6) is 0.361. The fourth-order valence-corrected chi connectivity index (χ4v) is 0.742. The van der Waals surface area contributed by atoms with Gasteiger partial charge in [-0.1, -0.05) is 0 Å². The maximum absolute atomic E-state index is 11.2. The number of nitrogens with one attached hydrogen (secondary N) is 1. The first kappa shape index (κ1) is 10.2. The van der Waals surface area contributed by atoms with Crippen LogP contribution in [-0.4, -0.2) is 41.4 Å². The van der Waals surface area contributed by atoms with Crippen LogP contribution in [0.15, 0.2) is 12.4 Å². The van der Waals surface area contributed by atoms with E-state index < -0.39 is 0 Å². The van der Waals surface area contributed by atoms with E-state index in [1.807, 2.05) is 0 Å².